The lowest BCUT2D eigenvalue weighted by Gasteiger charge is -2.02. The minimum absolute atomic E-state index is 0.00352. The maximum absolute atomic E-state index is 11.3. The third kappa shape index (κ3) is 1.62. The van der Waals surface area contributed by atoms with E-state index in [0.29, 0.717) is 0 Å². The minimum Gasteiger partial charge on any atom is -0.289 e. The van der Waals surface area contributed by atoms with Crippen LogP contribution in [0.3, 0.4) is 0 Å². The van der Waals surface area contributed by atoms with E-state index < -0.39 is 0 Å². The highest BCUT2D eigenvalue weighted by Crippen LogP contribution is 2.11. The van der Waals surface area contributed by atoms with Crippen molar-refractivity contribution < 1.29 is 4.79 Å². The van der Waals surface area contributed by atoms with Crippen LogP contribution in [0.25, 0.3) is 0 Å². The van der Waals surface area contributed by atoms with Crippen molar-refractivity contribution in [3.63, 3.8) is 0 Å². The highest BCUT2D eigenvalue weighted by Gasteiger charge is 2.03. The highest BCUT2D eigenvalue weighted by molar-refractivity contribution is 6.05. The van der Waals surface area contributed by atoms with Crippen molar-refractivity contribution in [3.05, 3.63) is 47.5 Å². The largest absolute Gasteiger partial charge is 0.289 e. The maximum Gasteiger partial charge on any atom is 0.185 e. The van der Waals surface area contributed by atoms with E-state index in [4.69, 9.17) is 0 Å². The molecule has 0 aliphatic heterocycles. The fourth-order valence-corrected chi connectivity index (χ4v) is 1.11. The number of carbonyl (C=O) groups is 1. The molecule has 0 spiro atoms. The van der Waals surface area contributed by atoms with Crippen molar-refractivity contribution >= 4 is 5.78 Å². The summed E-state index contributed by atoms with van der Waals surface area (Å²) in [5.74, 6) is -0.00352. The van der Waals surface area contributed by atoms with Crippen LogP contribution >= 0.6 is 0 Å². The lowest BCUT2D eigenvalue weighted by molar-refractivity contribution is 0.104. The molecule has 0 N–H and O–H groups in total. The molecular formula is C11H12O. The van der Waals surface area contributed by atoms with Crippen LogP contribution in [0.4, 0.5) is 0 Å². The lowest BCUT2D eigenvalue weighted by atomic mass is 10.0. The molecule has 0 saturated heterocycles. The Balaban J connectivity index is 3.22. The highest BCUT2D eigenvalue weighted by atomic mass is 16.1. The molecule has 0 unspecified atom stereocenters. The van der Waals surface area contributed by atoms with Crippen LogP contribution in [-0.4, -0.2) is 5.78 Å². The van der Waals surface area contributed by atoms with Crippen LogP contribution in [0.15, 0.2) is 30.9 Å². The third-order valence-electron chi connectivity index (χ3n) is 1.84. The monoisotopic (exact) mass is 160 g/mol. The molecule has 0 aromatic heterocycles. The van der Waals surface area contributed by atoms with Crippen molar-refractivity contribution in [1.29, 1.82) is 0 Å². The summed E-state index contributed by atoms with van der Waals surface area (Å²) in [5.41, 5.74) is 2.86. The first-order valence-corrected chi connectivity index (χ1v) is 3.89. The smallest absolute Gasteiger partial charge is 0.185 e. The number of allylic oxidation sites excluding steroid dienone is 1. The first-order chi connectivity index (χ1) is 5.65. The molecule has 0 aliphatic carbocycles. The van der Waals surface area contributed by atoms with Gasteiger partial charge in [0.2, 0.25) is 0 Å². The van der Waals surface area contributed by atoms with Gasteiger partial charge in [-0.3, -0.25) is 4.79 Å². The van der Waals surface area contributed by atoms with Gasteiger partial charge >= 0.3 is 0 Å². The van der Waals surface area contributed by atoms with Crippen LogP contribution in [0.1, 0.15) is 21.5 Å². The van der Waals surface area contributed by atoms with Gasteiger partial charge in [-0.25, -0.2) is 0 Å². The number of hydrogen-bond acceptors (Lipinski definition) is 1. The lowest BCUT2D eigenvalue weighted by Crippen LogP contribution is -1.97. The van der Waals surface area contributed by atoms with Crippen molar-refractivity contribution in [3.8, 4) is 0 Å². The summed E-state index contributed by atoms with van der Waals surface area (Å²) in [4.78, 5) is 11.3. The van der Waals surface area contributed by atoms with Gasteiger partial charge in [0.05, 0.1) is 0 Å². The van der Waals surface area contributed by atoms with E-state index in [0.717, 1.165) is 16.7 Å². The van der Waals surface area contributed by atoms with E-state index in [1.807, 2.05) is 32.0 Å². The zero-order valence-electron chi connectivity index (χ0n) is 7.42. The molecule has 0 atom stereocenters. The Kier molecular flexibility index (Phi) is 2.44. The Morgan fingerprint density at radius 2 is 2.08 bits per heavy atom. The molecule has 62 valence electrons. The molecule has 12 heavy (non-hydrogen) atoms. The van der Waals surface area contributed by atoms with E-state index in [1.165, 1.54) is 6.08 Å². The predicted octanol–water partition coefficient (Wildman–Crippen LogP) is 2.67. The molecule has 0 heterocycles. The van der Waals surface area contributed by atoms with E-state index in [1.54, 1.807) is 0 Å². The molecule has 0 aliphatic rings. The van der Waals surface area contributed by atoms with Crippen molar-refractivity contribution in [2.24, 2.45) is 0 Å². The summed E-state index contributed by atoms with van der Waals surface area (Å²) in [7, 11) is 0. The second-order valence-electron chi connectivity index (χ2n) is 2.89. The molecule has 1 aromatic carbocycles. The van der Waals surface area contributed by atoms with E-state index in [2.05, 4.69) is 6.58 Å². The fourth-order valence-electron chi connectivity index (χ4n) is 1.11. The number of carbonyl (C=O) groups excluding carboxylic acids is 1. The zero-order chi connectivity index (χ0) is 9.14. The van der Waals surface area contributed by atoms with Crippen LogP contribution in [0.2, 0.25) is 0 Å². The molecular weight excluding hydrogens is 148 g/mol. The van der Waals surface area contributed by atoms with Gasteiger partial charge in [0.25, 0.3) is 0 Å². The Labute approximate surface area is 72.7 Å². The Hall–Kier alpha value is -1.37. The SMILES string of the molecule is C=CC(=O)c1cc(C)ccc1C. The third-order valence-corrected chi connectivity index (χ3v) is 1.84. The number of benzene rings is 1. The Bertz CT molecular complexity index is 324. The van der Waals surface area contributed by atoms with E-state index >= 15 is 0 Å². The second-order valence-corrected chi connectivity index (χ2v) is 2.89. The summed E-state index contributed by atoms with van der Waals surface area (Å²) >= 11 is 0. The molecule has 0 bridgehead atoms. The molecule has 1 nitrogen and oxygen atoms in total. The quantitative estimate of drug-likeness (QED) is 0.480. The molecule has 1 aromatic rings. The number of hydrogen-bond donors (Lipinski definition) is 0. The van der Waals surface area contributed by atoms with Crippen molar-refractivity contribution in [2.45, 2.75) is 13.8 Å². The molecule has 0 radical (unpaired) electrons. The summed E-state index contributed by atoms with van der Waals surface area (Å²) in [6.07, 6.45) is 1.35. The van der Waals surface area contributed by atoms with Crippen LogP contribution < -0.4 is 0 Å². The summed E-state index contributed by atoms with van der Waals surface area (Å²) < 4.78 is 0. The van der Waals surface area contributed by atoms with Gasteiger partial charge in [-0.2, -0.15) is 0 Å². The number of rotatable bonds is 2. The predicted molar refractivity (Wildman–Crippen MR) is 50.4 cm³/mol. The zero-order valence-corrected chi connectivity index (χ0v) is 7.42. The molecule has 0 fully saturated rings. The van der Waals surface area contributed by atoms with E-state index in [-0.39, 0.29) is 5.78 Å². The Morgan fingerprint density at radius 3 is 2.67 bits per heavy atom. The molecule has 0 saturated carbocycles. The van der Waals surface area contributed by atoms with Gasteiger partial charge in [-0.15, -0.1) is 0 Å². The van der Waals surface area contributed by atoms with Gasteiger partial charge in [-0.05, 0) is 31.6 Å². The van der Waals surface area contributed by atoms with Crippen LogP contribution in [-0.2, 0) is 0 Å². The van der Waals surface area contributed by atoms with Gasteiger partial charge in [0.15, 0.2) is 5.78 Å². The topological polar surface area (TPSA) is 17.1 Å². The normalized spacial score (nSPS) is 9.50. The summed E-state index contributed by atoms with van der Waals surface area (Å²) in [6, 6.07) is 5.83. The molecule has 0 amide bonds. The molecule has 1 heteroatoms. The van der Waals surface area contributed by atoms with Gasteiger partial charge in [0, 0.05) is 5.56 Å². The summed E-state index contributed by atoms with van der Waals surface area (Å²) in [6.45, 7) is 7.36. The fraction of sp³-hybridized carbons (Fsp3) is 0.182. The Morgan fingerprint density at radius 1 is 1.42 bits per heavy atom. The van der Waals surface area contributed by atoms with Gasteiger partial charge in [0.1, 0.15) is 0 Å². The van der Waals surface area contributed by atoms with Crippen LogP contribution in [0.5, 0.6) is 0 Å². The van der Waals surface area contributed by atoms with Gasteiger partial charge in [-0.1, -0.05) is 24.3 Å². The van der Waals surface area contributed by atoms with Gasteiger partial charge < -0.3 is 0 Å². The number of aryl methyl sites for hydroxylation is 2. The maximum atomic E-state index is 11.3. The first-order valence-electron chi connectivity index (χ1n) is 3.89. The van der Waals surface area contributed by atoms with E-state index in [9.17, 15) is 4.79 Å². The standard InChI is InChI=1S/C11H12O/c1-4-11(12)10-7-8(2)5-6-9(10)3/h4-7H,1H2,2-3H3. The minimum atomic E-state index is -0.00352. The average molecular weight is 160 g/mol. The average Bonchev–Trinajstić information content (AvgIpc) is 2.08. The summed E-state index contributed by atoms with van der Waals surface area (Å²) in [5, 5.41) is 0. The van der Waals surface area contributed by atoms with Crippen molar-refractivity contribution in [2.75, 3.05) is 0 Å². The van der Waals surface area contributed by atoms with Crippen LogP contribution in [0, 0.1) is 13.8 Å². The second kappa shape index (κ2) is 3.35. The van der Waals surface area contributed by atoms with Crippen molar-refractivity contribution in [1.82, 2.24) is 0 Å². The number of ketones is 1. The molecule has 1 rings (SSSR count). The first kappa shape index (κ1) is 8.72.